The van der Waals surface area contributed by atoms with Crippen LogP contribution in [0.15, 0.2) is 42.5 Å². The van der Waals surface area contributed by atoms with Crippen LogP contribution >= 0.6 is 0 Å². The average Bonchev–Trinajstić information content (AvgIpc) is 3.45. The molecule has 2 heterocycles. The highest BCUT2D eigenvalue weighted by Gasteiger charge is 2.45. The van der Waals surface area contributed by atoms with E-state index in [1.807, 2.05) is 30.3 Å². The molecule has 1 aliphatic carbocycles. The second kappa shape index (κ2) is 5.56. The number of aromatic nitrogens is 1. The lowest BCUT2D eigenvalue weighted by Crippen LogP contribution is -2.27. The normalized spacial score (nSPS) is 22.9. The summed E-state index contributed by atoms with van der Waals surface area (Å²) in [5, 5.41) is 1.02. The summed E-state index contributed by atoms with van der Waals surface area (Å²) in [6, 6.07) is 14.1. The third-order valence-corrected chi connectivity index (χ3v) is 5.32. The van der Waals surface area contributed by atoms with Crippen LogP contribution in [0.3, 0.4) is 0 Å². The predicted octanol–water partition coefficient (Wildman–Crippen LogP) is 2.70. The van der Waals surface area contributed by atoms with Gasteiger partial charge in [-0.15, -0.1) is 0 Å². The van der Waals surface area contributed by atoms with E-state index in [1.54, 1.807) is 7.11 Å². The minimum absolute atomic E-state index is 0.179. The number of ether oxygens (including phenoxy) is 3. The number of benzene rings is 2. The summed E-state index contributed by atoms with van der Waals surface area (Å²) < 4.78 is 17.4. The van der Waals surface area contributed by atoms with Gasteiger partial charge >= 0.3 is 0 Å². The molecule has 2 radical (unpaired) electrons. The van der Waals surface area contributed by atoms with Crippen LogP contribution in [0.1, 0.15) is 18.1 Å². The van der Waals surface area contributed by atoms with Crippen LogP contribution in [0.25, 0.3) is 22.0 Å². The minimum Gasteiger partial charge on any atom is -0.481 e. The number of nitrogens with zero attached hydrogens (tertiary/aromatic N) is 1. The van der Waals surface area contributed by atoms with Gasteiger partial charge in [0.1, 0.15) is 19.6 Å². The molecule has 3 aromatic rings. The van der Waals surface area contributed by atoms with Gasteiger partial charge in [0.25, 0.3) is 0 Å². The highest BCUT2D eigenvalue weighted by atomic mass is 16.6. The SMILES string of the molecule is [B]c1ccc2nc(OC)c3c(c2c1)-c1ccccc1C3(C)OCC1CO1. The smallest absolute Gasteiger partial charge is 0.220 e. The minimum atomic E-state index is -0.644. The molecule has 5 heteroatoms. The highest BCUT2D eigenvalue weighted by molar-refractivity contribution is 6.33. The van der Waals surface area contributed by atoms with E-state index in [-0.39, 0.29) is 6.10 Å². The summed E-state index contributed by atoms with van der Waals surface area (Å²) in [6.07, 6.45) is 0.179. The molecule has 0 saturated carbocycles. The van der Waals surface area contributed by atoms with Gasteiger partial charge < -0.3 is 14.2 Å². The lowest BCUT2D eigenvalue weighted by atomic mass is 9.90. The quantitative estimate of drug-likeness (QED) is 0.540. The second-order valence-electron chi connectivity index (χ2n) is 6.99. The first-order valence-electron chi connectivity index (χ1n) is 8.75. The summed E-state index contributed by atoms with van der Waals surface area (Å²) in [5.41, 5.74) is 5.23. The largest absolute Gasteiger partial charge is 0.481 e. The van der Waals surface area contributed by atoms with Crippen molar-refractivity contribution in [2.75, 3.05) is 20.3 Å². The first-order valence-corrected chi connectivity index (χ1v) is 8.75. The van der Waals surface area contributed by atoms with Crippen molar-refractivity contribution in [3.63, 3.8) is 0 Å². The lowest BCUT2D eigenvalue weighted by molar-refractivity contribution is -0.0102. The van der Waals surface area contributed by atoms with Crippen LogP contribution in [0.5, 0.6) is 5.88 Å². The monoisotopic (exact) mass is 343 g/mol. The van der Waals surface area contributed by atoms with Gasteiger partial charge in [-0.25, -0.2) is 4.98 Å². The Labute approximate surface area is 153 Å². The van der Waals surface area contributed by atoms with E-state index in [1.165, 1.54) is 0 Å². The molecule has 2 aromatic carbocycles. The van der Waals surface area contributed by atoms with Gasteiger partial charge in [0, 0.05) is 10.9 Å². The van der Waals surface area contributed by atoms with Crippen LogP contribution in [0.4, 0.5) is 0 Å². The van der Waals surface area contributed by atoms with E-state index < -0.39 is 5.60 Å². The molecule has 5 rings (SSSR count). The van der Waals surface area contributed by atoms with Crippen LogP contribution in [0.2, 0.25) is 0 Å². The fourth-order valence-electron chi connectivity index (χ4n) is 3.95. The van der Waals surface area contributed by atoms with E-state index in [4.69, 9.17) is 27.0 Å². The van der Waals surface area contributed by atoms with Gasteiger partial charge in [-0.2, -0.15) is 0 Å². The lowest BCUT2D eigenvalue weighted by Gasteiger charge is -2.28. The number of pyridine rings is 1. The number of methoxy groups -OCH3 is 1. The molecule has 26 heavy (non-hydrogen) atoms. The van der Waals surface area contributed by atoms with Crippen molar-refractivity contribution >= 4 is 24.2 Å². The van der Waals surface area contributed by atoms with Crippen molar-refractivity contribution in [1.82, 2.24) is 4.98 Å². The van der Waals surface area contributed by atoms with Crippen molar-refractivity contribution in [1.29, 1.82) is 0 Å². The average molecular weight is 343 g/mol. The van der Waals surface area contributed by atoms with Gasteiger partial charge in [-0.3, -0.25) is 0 Å². The molecule has 4 nitrogen and oxygen atoms in total. The molecular formula is C21H18BNO3. The fourth-order valence-corrected chi connectivity index (χ4v) is 3.95. The molecule has 1 aromatic heterocycles. The Kier molecular flexibility index (Phi) is 3.39. The maximum absolute atomic E-state index is 6.41. The summed E-state index contributed by atoms with van der Waals surface area (Å²) >= 11 is 0. The molecule has 2 aliphatic rings. The Bertz CT molecular complexity index is 1030. The van der Waals surface area contributed by atoms with Crippen molar-refractivity contribution < 1.29 is 14.2 Å². The number of hydrogen-bond donors (Lipinski definition) is 0. The summed E-state index contributed by atoms with van der Waals surface area (Å²) in [5.74, 6) is 0.590. The number of epoxide rings is 1. The molecule has 1 aliphatic heterocycles. The molecule has 2 unspecified atom stereocenters. The molecule has 0 spiro atoms. The third kappa shape index (κ3) is 2.21. The number of hydrogen-bond acceptors (Lipinski definition) is 4. The van der Waals surface area contributed by atoms with Crippen molar-refractivity contribution in [3.8, 4) is 17.0 Å². The van der Waals surface area contributed by atoms with Gasteiger partial charge in [0.05, 0.1) is 31.4 Å². The predicted molar refractivity (Wildman–Crippen MR) is 101 cm³/mol. The summed E-state index contributed by atoms with van der Waals surface area (Å²) in [7, 11) is 7.73. The van der Waals surface area contributed by atoms with E-state index in [2.05, 4.69) is 19.1 Å². The standard InChI is InChI=1S/C21H18BNO3/c1-21(26-11-13-10-25-13)16-6-4-3-5-14(16)18-15-9-12(22)7-8-17(15)23-20(24-2)19(18)21/h3-9,13H,10-11H2,1-2H3. The topological polar surface area (TPSA) is 43.9 Å². The third-order valence-electron chi connectivity index (χ3n) is 5.32. The Morgan fingerprint density at radius 3 is 2.85 bits per heavy atom. The molecule has 1 saturated heterocycles. The van der Waals surface area contributed by atoms with Crippen LogP contribution in [0, 0.1) is 0 Å². The Hall–Kier alpha value is -2.37. The van der Waals surface area contributed by atoms with Crippen molar-refractivity contribution in [2.45, 2.75) is 18.6 Å². The molecule has 2 atom stereocenters. The Balaban J connectivity index is 1.84. The molecule has 0 amide bonds. The van der Waals surface area contributed by atoms with Gasteiger partial charge in [-0.1, -0.05) is 41.9 Å². The van der Waals surface area contributed by atoms with E-state index in [0.29, 0.717) is 17.9 Å². The summed E-state index contributed by atoms with van der Waals surface area (Å²) in [6.45, 7) is 3.39. The van der Waals surface area contributed by atoms with Crippen molar-refractivity contribution in [2.24, 2.45) is 0 Å². The zero-order valence-electron chi connectivity index (χ0n) is 14.8. The zero-order valence-corrected chi connectivity index (χ0v) is 14.8. The van der Waals surface area contributed by atoms with E-state index >= 15 is 0 Å². The number of rotatable bonds is 4. The molecule has 1 fully saturated rings. The molecule has 0 bridgehead atoms. The van der Waals surface area contributed by atoms with Crippen molar-refractivity contribution in [3.05, 3.63) is 53.6 Å². The molecular weight excluding hydrogens is 325 g/mol. The maximum atomic E-state index is 6.41. The first-order chi connectivity index (χ1) is 12.6. The Morgan fingerprint density at radius 1 is 1.27 bits per heavy atom. The van der Waals surface area contributed by atoms with Crippen LogP contribution in [-0.2, 0) is 15.1 Å². The highest BCUT2D eigenvalue weighted by Crippen LogP contribution is 2.54. The van der Waals surface area contributed by atoms with E-state index in [9.17, 15) is 0 Å². The first kappa shape index (κ1) is 15.9. The van der Waals surface area contributed by atoms with Crippen LogP contribution < -0.4 is 10.2 Å². The summed E-state index contributed by atoms with van der Waals surface area (Å²) in [4.78, 5) is 4.74. The van der Waals surface area contributed by atoms with Gasteiger partial charge in [0.2, 0.25) is 5.88 Å². The van der Waals surface area contributed by atoms with Gasteiger partial charge in [-0.05, 0) is 24.1 Å². The van der Waals surface area contributed by atoms with Gasteiger partial charge in [0.15, 0.2) is 0 Å². The van der Waals surface area contributed by atoms with Crippen LogP contribution in [-0.4, -0.2) is 39.3 Å². The maximum Gasteiger partial charge on any atom is 0.220 e. The Morgan fingerprint density at radius 2 is 2.08 bits per heavy atom. The second-order valence-corrected chi connectivity index (χ2v) is 6.99. The molecule has 128 valence electrons. The fraction of sp³-hybridized carbons (Fsp3) is 0.286. The number of fused-ring (bicyclic) bond motifs is 5. The zero-order chi connectivity index (χ0) is 17.9. The van der Waals surface area contributed by atoms with E-state index in [0.717, 1.165) is 39.8 Å². The molecule has 0 N–H and O–H groups in total.